The molecule has 1 N–H and O–H groups in total. The van der Waals surface area contributed by atoms with Gasteiger partial charge in [-0.1, -0.05) is 13.8 Å². The summed E-state index contributed by atoms with van der Waals surface area (Å²) in [6.07, 6.45) is 3.13. The van der Waals surface area contributed by atoms with Crippen LogP contribution in [0.4, 0.5) is 0 Å². The van der Waals surface area contributed by atoms with E-state index in [0.29, 0.717) is 25.6 Å². The van der Waals surface area contributed by atoms with Gasteiger partial charge in [0.1, 0.15) is 0 Å². The van der Waals surface area contributed by atoms with Crippen LogP contribution >= 0.6 is 0 Å². The molecule has 0 amide bonds. The van der Waals surface area contributed by atoms with Crippen LogP contribution in [-0.2, 0) is 14.8 Å². The maximum atomic E-state index is 11.6. The van der Waals surface area contributed by atoms with Gasteiger partial charge < -0.3 is 10.0 Å². The zero-order valence-corrected chi connectivity index (χ0v) is 13.4. The Morgan fingerprint density at radius 1 is 1.50 bits per heavy atom. The molecule has 0 bridgehead atoms. The summed E-state index contributed by atoms with van der Waals surface area (Å²) in [5.41, 5.74) is 0. The number of hydrogen-bond acceptors (Lipinski definition) is 4. The molecule has 0 aromatic rings. The number of carbonyl (C=O) groups is 1. The molecule has 2 atom stereocenters. The normalized spacial score (nSPS) is 22.9. The van der Waals surface area contributed by atoms with E-state index in [-0.39, 0.29) is 0 Å². The molecule has 1 saturated heterocycles. The molecule has 1 heterocycles. The Balaban J connectivity index is 2.55. The van der Waals surface area contributed by atoms with Crippen LogP contribution in [0.25, 0.3) is 0 Å². The van der Waals surface area contributed by atoms with E-state index in [2.05, 4.69) is 4.90 Å². The second-order valence-electron chi connectivity index (χ2n) is 5.72. The van der Waals surface area contributed by atoms with Crippen LogP contribution < -0.4 is 0 Å². The van der Waals surface area contributed by atoms with Crippen LogP contribution in [0.5, 0.6) is 0 Å². The van der Waals surface area contributed by atoms with Gasteiger partial charge in [-0.2, -0.15) is 0 Å². The number of rotatable bonds is 7. The lowest BCUT2D eigenvalue weighted by atomic mass is 9.98. The molecule has 7 heteroatoms. The molecule has 118 valence electrons. The first kappa shape index (κ1) is 17.4. The van der Waals surface area contributed by atoms with Crippen LogP contribution in [0.15, 0.2) is 0 Å². The summed E-state index contributed by atoms with van der Waals surface area (Å²) >= 11 is 0. The minimum atomic E-state index is -3.12. The van der Waals surface area contributed by atoms with Crippen LogP contribution in [0.1, 0.15) is 26.7 Å². The zero-order valence-electron chi connectivity index (χ0n) is 12.6. The van der Waals surface area contributed by atoms with Gasteiger partial charge in [0.25, 0.3) is 0 Å². The molecule has 6 nitrogen and oxygen atoms in total. The highest BCUT2D eigenvalue weighted by atomic mass is 32.2. The number of nitrogens with zero attached hydrogens (tertiary/aromatic N) is 2. The molecule has 0 aliphatic carbocycles. The fraction of sp³-hybridized carbons (Fsp3) is 0.923. The largest absolute Gasteiger partial charge is 0.481 e. The molecule has 1 aliphatic rings. The van der Waals surface area contributed by atoms with Gasteiger partial charge in [-0.15, -0.1) is 0 Å². The highest BCUT2D eigenvalue weighted by Crippen LogP contribution is 2.20. The lowest BCUT2D eigenvalue weighted by Crippen LogP contribution is -2.44. The molecule has 0 saturated carbocycles. The predicted octanol–water partition coefficient (Wildman–Crippen LogP) is 0.701. The lowest BCUT2D eigenvalue weighted by molar-refractivity contribution is -0.141. The molecular weight excluding hydrogens is 280 g/mol. The van der Waals surface area contributed by atoms with Crippen LogP contribution in [0, 0.1) is 11.8 Å². The smallest absolute Gasteiger partial charge is 0.307 e. The van der Waals surface area contributed by atoms with Gasteiger partial charge in [-0.05, 0) is 25.3 Å². The highest BCUT2D eigenvalue weighted by Gasteiger charge is 2.27. The summed E-state index contributed by atoms with van der Waals surface area (Å²) in [6.45, 7) is 6.93. The first-order valence-corrected chi connectivity index (χ1v) is 8.99. The minimum absolute atomic E-state index is 0.291. The quantitative estimate of drug-likeness (QED) is 0.749. The van der Waals surface area contributed by atoms with Crippen molar-refractivity contribution in [1.82, 2.24) is 9.21 Å². The molecule has 1 rings (SSSR count). The summed E-state index contributed by atoms with van der Waals surface area (Å²) in [7, 11) is -3.12. The van der Waals surface area contributed by atoms with E-state index in [1.54, 1.807) is 6.92 Å². The van der Waals surface area contributed by atoms with E-state index >= 15 is 0 Å². The fourth-order valence-corrected chi connectivity index (χ4v) is 3.58. The van der Waals surface area contributed by atoms with E-state index in [4.69, 9.17) is 5.11 Å². The Bertz CT molecular complexity index is 424. The van der Waals surface area contributed by atoms with Gasteiger partial charge >= 0.3 is 5.97 Å². The minimum Gasteiger partial charge on any atom is -0.481 e. The van der Waals surface area contributed by atoms with Gasteiger partial charge in [0, 0.05) is 26.2 Å². The second kappa shape index (κ2) is 7.38. The van der Waals surface area contributed by atoms with E-state index in [0.717, 1.165) is 25.9 Å². The third-order valence-corrected chi connectivity index (χ3v) is 5.14. The maximum absolute atomic E-state index is 11.6. The summed E-state index contributed by atoms with van der Waals surface area (Å²) in [6, 6.07) is 0. The van der Waals surface area contributed by atoms with Crippen molar-refractivity contribution in [2.45, 2.75) is 26.7 Å². The summed E-state index contributed by atoms with van der Waals surface area (Å²) in [5, 5.41) is 8.97. The molecule has 0 spiro atoms. The van der Waals surface area contributed by atoms with Gasteiger partial charge in [0.05, 0.1) is 12.2 Å². The Hall–Kier alpha value is -0.660. The topological polar surface area (TPSA) is 77.9 Å². The van der Waals surface area contributed by atoms with Gasteiger partial charge in [0.2, 0.25) is 10.0 Å². The number of hydrogen-bond donors (Lipinski definition) is 1. The third kappa shape index (κ3) is 5.38. The molecule has 1 aliphatic heterocycles. The summed E-state index contributed by atoms with van der Waals surface area (Å²) in [4.78, 5) is 13.0. The predicted molar refractivity (Wildman–Crippen MR) is 78.1 cm³/mol. The first-order valence-electron chi connectivity index (χ1n) is 7.14. The van der Waals surface area contributed by atoms with E-state index in [1.807, 2.05) is 6.92 Å². The SMILES string of the molecule is CCN(CC1CCCN(S(C)(=O)=O)C1)CC(C)C(=O)O. The Labute approximate surface area is 121 Å². The maximum Gasteiger partial charge on any atom is 0.307 e. The molecule has 0 radical (unpaired) electrons. The van der Waals surface area contributed by atoms with Crippen LogP contribution in [-0.4, -0.2) is 67.7 Å². The molecular formula is C13H26N2O4S. The number of sulfonamides is 1. The zero-order chi connectivity index (χ0) is 15.3. The van der Waals surface area contributed by atoms with E-state index < -0.39 is 21.9 Å². The lowest BCUT2D eigenvalue weighted by Gasteiger charge is -2.34. The van der Waals surface area contributed by atoms with Crippen molar-refractivity contribution in [3.05, 3.63) is 0 Å². The molecule has 20 heavy (non-hydrogen) atoms. The van der Waals surface area contributed by atoms with Crippen molar-refractivity contribution >= 4 is 16.0 Å². The van der Waals surface area contributed by atoms with Crippen molar-refractivity contribution in [2.24, 2.45) is 11.8 Å². The Kier molecular flexibility index (Phi) is 6.42. The average molecular weight is 306 g/mol. The molecule has 1 fully saturated rings. The highest BCUT2D eigenvalue weighted by molar-refractivity contribution is 7.88. The molecule has 0 aromatic heterocycles. The van der Waals surface area contributed by atoms with Crippen molar-refractivity contribution in [3.63, 3.8) is 0 Å². The number of carboxylic acid groups (broad SMARTS) is 1. The van der Waals surface area contributed by atoms with Gasteiger partial charge in [-0.3, -0.25) is 4.79 Å². The van der Waals surface area contributed by atoms with E-state index in [1.165, 1.54) is 10.6 Å². The van der Waals surface area contributed by atoms with Crippen LogP contribution in [0.3, 0.4) is 0 Å². The average Bonchev–Trinajstić information content (AvgIpc) is 2.37. The van der Waals surface area contributed by atoms with Crippen molar-refractivity contribution in [2.75, 3.05) is 39.0 Å². The van der Waals surface area contributed by atoms with Crippen molar-refractivity contribution in [3.8, 4) is 0 Å². The third-order valence-electron chi connectivity index (χ3n) is 3.87. The summed E-state index contributed by atoms with van der Waals surface area (Å²) < 4.78 is 24.7. The fourth-order valence-electron chi connectivity index (χ4n) is 2.64. The second-order valence-corrected chi connectivity index (χ2v) is 7.70. The number of carboxylic acids is 1. The van der Waals surface area contributed by atoms with Crippen molar-refractivity contribution < 1.29 is 18.3 Å². The number of piperidine rings is 1. The first-order chi connectivity index (χ1) is 9.24. The Morgan fingerprint density at radius 2 is 2.15 bits per heavy atom. The van der Waals surface area contributed by atoms with Crippen LogP contribution in [0.2, 0.25) is 0 Å². The van der Waals surface area contributed by atoms with Gasteiger partial charge in [0.15, 0.2) is 0 Å². The number of aliphatic carboxylic acids is 1. The Morgan fingerprint density at radius 3 is 2.65 bits per heavy atom. The van der Waals surface area contributed by atoms with E-state index in [9.17, 15) is 13.2 Å². The summed E-state index contributed by atoms with van der Waals surface area (Å²) in [5.74, 6) is -0.895. The van der Waals surface area contributed by atoms with Crippen molar-refractivity contribution in [1.29, 1.82) is 0 Å². The standard InChI is InChI=1S/C13H26N2O4S/c1-4-14(8-11(2)13(16)17)9-12-6-5-7-15(10-12)20(3,18)19/h11-12H,4-10H2,1-3H3,(H,16,17). The molecule has 0 aromatic carbocycles. The van der Waals surface area contributed by atoms with Gasteiger partial charge in [-0.25, -0.2) is 12.7 Å². The monoisotopic (exact) mass is 306 g/mol. The molecule has 2 unspecified atom stereocenters.